The van der Waals surface area contributed by atoms with Gasteiger partial charge in [0.25, 0.3) is 10.1 Å². The highest BCUT2D eigenvalue weighted by atomic mass is 32.2. The van der Waals surface area contributed by atoms with Crippen LogP contribution < -0.4 is 5.73 Å². The monoisotopic (exact) mass is 431 g/mol. The highest BCUT2D eigenvalue weighted by molar-refractivity contribution is 7.85. The minimum absolute atomic E-state index is 0.0666. The van der Waals surface area contributed by atoms with Crippen LogP contribution in [0, 0.1) is 12.7 Å². The first-order valence-corrected chi connectivity index (χ1v) is 10.8. The van der Waals surface area contributed by atoms with Gasteiger partial charge in [0.15, 0.2) is 0 Å². The average molecular weight is 432 g/mol. The molecular weight excluding hydrogens is 405 g/mol. The second kappa shape index (κ2) is 9.95. The lowest BCUT2D eigenvalue weighted by Gasteiger charge is -2.23. The minimum Gasteiger partial charge on any atom is -0.385 e. The van der Waals surface area contributed by atoms with Crippen molar-refractivity contribution in [1.82, 2.24) is 0 Å². The molecule has 160 valence electrons. The fourth-order valence-electron chi connectivity index (χ4n) is 2.80. The maximum absolute atomic E-state index is 12.9. The Morgan fingerprint density at radius 3 is 1.80 bits per heavy atom. The van der Waals surface area contributed by atoms with E-state index < -0.39 is 15.7 Å². The minimum atomic E-state index is -4.02. The Morgan fingerprint density at radius 1 is 0.900 bits per heavy atom. The fraction of sp³-hybridized carbons (Fsp3) is 0.217. The Bertz CT molecular complexity index is 1050. The van der Waals surface area contributed by atoms with Crippen LogP contribution in [0.5, 0.6) is 0 Å². The molecule has 0 aliphatic rings. The summed E-state index contributed by atoms with van der Waals surface area (Å²) in [6, 6.07) is 20.0. The van der Waals surface area contributed by atoms with Gasteiger partial charge >= 0.3 is 0 Å². The maximum atomic E-state index is 12.9. The van der Waals surface area contributed by atoms with Crippen molar-refractivity contribution in [2.24, 2.45) is 5.73 Å². The molecule has 0 bridgehead atoms. The number of nitrogens with two attached hydrogens (primary N) is 1. The molecule has 0 aromatic heterocycles. The molecule has 0 amide bonds. The number of aryl methyl sites for hydroxylation is 1. The van der Waals surface area contributed by atoms with Crippen molar-refractivity contribution in [3.05, 3.63) is 89.7 Å². The molecule has 0 radical (unpaired) electrons. The van der Waals surface area contributed by atoms with E-state index in [1.165, 1.54) is 24.3 Å². The number of benzene rings is 3. The molecule has 0 aliphatic carbocycles. The van der Waals surface area contributed by atoms with Crippen molar-refractivity contribution in [3.63, 3.8) is 0 Å². The molecule has 0 saturated carbocycles. The van der Waals surface area contributed by atoms with Gasteiger partial charge in [0, 0.05) is 0 Å². The summed E-state index contributed by atoms with van der Waals surface area (Å²) in [4.78, 5) is -0.0666. The van der Waals surface area contributed by atoms with Gasteiger partial charge in [-0.3, -0.25) is 4.55 Å². The van der Waals surface area contributed by atoms with Crippen LogP contribution in [0.2, 0.25) is 0 Å². The van der Waals surface area contributed by atoms with E-state index in [0.29, 0.717) is 13.0 Å². The van der Waals surface area contributed by atoms with Crippen LogP contribution in [0.1, 0.15) is 24.5 Å². The lowest BCUT2D eigenvalue weighted by Crippen LogP contribution is -2.24. The van der Waals surface area contributed by atoms with Gasteiger partial charge in [-0.05, 0) is 67.8 Å². The predicted octanol–water partition coefficient (Wildman–Crippen LogP) is 4.29. The van der Waals surface area contributed by atoms with E-state index in [1.807, 2.05) is 31.2 Å². The molecular formula is C23H26FNO4S. The molecule has 3 aromatic carbocycles. The highest BCUT2D eigenvalue weighted by Gasteiger charge is 2.21. The number of hydrogen-bond acceptors (Lipinski definition) is 4. The summed E-state index contributed by atoms with van der Waals surface area (Å²) in [7, 11) is -4.02. The molecule has 0 fully saturated rings. The van der Waals surface area contributed by atoms with Crippen molar-refractivity contribution in [2.75, 3.05) is 6.54 Å². The van der Waals surface area contributed by atoms with Gasteiger partial charge in [-0.1, -0.05) is 54.1 Å². The van der Waals surface area contributed by atoms with Crippen LogP contribution >= 0.6 is 0 Å². The van der Waals surface area contributed by atoms with E-state index in [1.54, 1.807) is 31.2 Å². The summed E-state index contributed by atoms with van der Waals surface area (Å²) < 4.78 is 42.4. The Balaban J connectivity index is 0.000000248. The SMILES string of the molecule is CC(O)(CCN)c1ccc(-c2ccc(F)cc2)cc1.Cc1ccc(S(=O)(=O)O)cc1. The molecule has 3 rings (SSSR count). The Morgan fingerprint density at radius 2 is 1.37 bits per heavy atom. The van der Waals surface area contributed by atoms with Gasteiger partial charge in [-0.25, -0.2) is 4.39 Å². The largest absolute Gasteiger partial charge is 0.385 e. The van der Waals surface area contributed by atoms with Crippen molar-refractivity contribution in [3.8, 4) is 11.1 Å². The molecule has 0 saturated heterocycles. The third-order valence-electron chi connectivity index (χ3n) is 4.63. The zero-order valence-corrected chi connectivity index (χ0v) is 17.7. The second-order valence-electron chi connectivity index (χ2n) is 7.18. The van der Waals surface area contributed by atoms with E-state index in [0.717, 1.165) is 22.3 Å². The Labute approximate surface area is 176 Å². The predicted molar refractivity (Wildman–Crippen MR) is 116 cm³/mol. The van der Waals surface area contributed by atoms with Gasteiger partial charge in [0.2, 0.25) is 0 Å². The summed E-state index contributed by atoms with van der Waals surface area (Å²) in [6.45, 7) is 4.03. The molecule has 3 aromatic rings. The molecule has 0 aliphatic heterocycles. The number of aliphatic hydroxyl groups is 1. The van der Waals surface area contributed by atoms with E-state index in [2.05, 4.69) is 0 Å². The molecule has 1 unspecified atom stereocenters. The van der Waals surface area contributed by atoms with Gasteiger partial charge in [-0.15, -0.1) is 0 Å². The van der Waals surface area contributed by atoms with E-state index in [-0.39, 0.29) is 10.7 Å². The first-order valence-electron chi connectivity index (χ1n) is 9.36. The topological polar surface area (TPSA) is 101 Å². The Kier molecular flexibility index (Phi) is 7.86. The third kappa shape index (κ3) is 6.74. The van der Waals surface area contributed by atoms with Crippen LogP contribution in [-0.4, -0.2) is 24.6 Å². The fourth-order valence-corrected chi connectivity index (χ4v) is 3.28. The standard InChI is InChI=1S/C16H18FNO.C7H8O3S/c1-16(19,10-11-18)14-6-2-12(3-7-14)13-4-8-15(17)9-5-13;1-6-2-4-7(5-3-6)11(8,9)10/h2-9,19H,10-11,18H2,1H3;2-5H,1H3,(H,8,9,10). The number of hydrogen-bond donors (Lipinski definition) is 3. The summed E-state index contributed by atoms with van der Waals surface area (Å²) in [6.07, 6.45) is 0.517. The molecule has 1 atom stereocenters. The zero-order valence-electron chi connectivity index (χ0n) is 16.9. The van der Waals surface area contributed by atoms with Gasteiger partial charge in [0.05, 0.1) is 10.5 Å². The van der Waals surface area contributed by atoms with Crippen molar-refractivity contribution in [2.45, 2.75) is 30.8 Å². The van der Waals surface area contributed by atoms with Gasteiger partial charge < -0.3 is 10.8 Å². The molecule has 0 heterocycles. The smallest absolute Gasteiger partial charge is 0.294 e. The molecule has 7 heteroatoms. The Hall–Kier alpha value is -2.58. The van der Waals surface area contributed by atoms with Crippen LogP contribution in [0.25, 0.3) is 11.1 Å². The quantitative estimate of drug-likeness (QED) is 0.523. The molecule has 4 N–H and O–H groups in total. The van der Waals surface area contributed by atoms with Crippen molar-refractivity contribution >= 4 is 10.1 Å². The third-order valence-corrected chi connectivity index (χ3v) is 5.50. The van der Waals surface area contributed by atoms with Crippen LogP contribution in [-0.2, 0) is 15.7 Å². The van der Waals surface area contributed by atoms with Crippen LogP contribution in [0.15, 0.2) is 77.7 Å². The first-order chi connectivity index (χ1) is 14.0. The molecule has 30 heavy (non-hydrogen) atoms. The van der Waals surface area contributed by atoms with E-state index in [4.69, 9.17) is 10.3 Å². The second-order valence-corrected chi connectivity index (χ2v) is 8.61. The van der Waals surface area contributed by atoms with E-state index in [9.17, 15) is 17.9 Å². The lowest BCUT2D eigenvalue weighted by molar-refractivity contribution is 0.0504. The summed E-state index contributed by atoms with van der Waals surface area (Å²) in [5.74, 6) is -0.244. The molecule has 5 nitrogen and oxygen atoms in total. The number of halogens is 1. The highest BCUT2D eigenvalue weighted by Crippen LogP contribution is 2.27. The number of rotatable bonds is 5. The average Bonchev–Trinajstić information content (AvgIpc) is 2.69. The van der Waals surface area contributed by atoms with Gasteiger partial charge in [-0.2, -0.15) is 8.42 Å². The van der Waals surface area contributed by atoms with Crippen LogP contribution in [0.4, 0.5) is 4.39 Å². The maximum Gasteiger partial charge on any atom is 0.294 e. The zero-order chi connectivity index (χ0) is 22.4. The lowest BCUT2D eigenvalue weighted by atomic mass is 9.91. The van der Waals surface area contributed by atoms with E-state index >= 15 is 0 Å². The van der Waals surface area contributed by atoms with Crippen molar-refractivity contribution < 1.29 is 22.5 Å². The summed E-state index contributed by atoms with van der Waals surface area (Å²) in [5, 5.41) is 10.3. The van der Waals surface area contributed by atoms with Crippen LogP contribution in [0.3, 0.4) is 0 Å². The normalized spacial score (nSPS) is 13.1. The van der Waals surface area contributed by atoms with Gasteiger partial charge in [0.1, 0.15) is 5.82 Å². The van der Waals surface area contributed by atoms with Crippen molar-refractivity contribution in [1.29, 1.82) is 0 Å². The summed E-state index contributed by atoms with van der Waals surface area (Å²) >= 11 is 0. The molecule has 0 spiro atoms. The summed E-state index contributed by atoms with van der Waals surface area (Å²) in [5.41, 5.74) is 8.32. The first kappa shape index (κ1) is 23.7.